The first kappa shape index (κ1) is 13.4. The third-order valence-electron chi connectivity index (χ3n) is 1.96. The number of anilines is 1. The Labute approximate surface area is 100.0 Å². The second-order valence-corrected chi connectivity index (χ2v) is 4.60. The highest BCUT2D eigenvalue weighted by Gasteiger charge is 2.17. The van der Waals surface area contributed by atoms with E-state index < -0.39 is 17.5 Å². The summed E-state index contributed by atoms with van der Waals surface area (Å²) in [6.07, 6.45) is -0.627. The summed E-state index contributed by atoms with van der Waals surface area (Å²) >= 11 is 0. The van der Waals surface area contributed by atoms with Gasteiger partial charge in [0.25, 0.3) is 0 Å². The highest BCUT2D eigenvalue weighted by molar-refractivity contribution is 5.85. The van der Waals surface area contributed by atoms with Gasteiger partial charge < -0.3 is 10.5 Å². The van der Waals surface area contributed by atoms with Crippen molar-refractivity contribution in [3.05, 3.63) is 29.6 Å². The van der Waals surface area contributed by atoms with Crippen LogP contribution in [0, 0.1) is 5.82 Å². The molecule has 0 aliphatic carbocycles. The molecule has 0 atom stereocenters. The molecule has 0 saturated carbocycles. The SMILES string of the molecule is CC(C)(C)OC(=O)Nc1cccc(F)c1CN. The molecule has 0 fully saturated rings. The lowest BCUT2D eigenvalue weighted by Crippen LogP contribution is -2.27. The third kappa shape index (κ3) is 4.03. The van der Waals surface area contributed by atoms with E-state index in [-0.39, 0.29) is 12.1 Å². The summed E-state index contributed by atoms with van der Waals surface area (Å²) < 4.78 is 18.4. The van der Waals surface area contributed by atoms with Crippen LogP contribution in [0.5, 0.6) is 0 Å². The minimum absolute atomic E-state index is 0.0117. The molecule has 0 spiro atoms. The first-order chi connectivity index (χ1) is 7.83. The number of nitrogens with two attached hydrogens (primary N) is 1. The van der Waals surface area contributed by atoms with Crippen molar-refractivity contribution in [2.24, 2.45) is 5.73 Å². The van der Waals surface area contributed by atoms with Crippen LogP contribution in [0.2, 0.25) is 0 Å². The van der Waals surface area contributed by atoms with Gasteiger partial charge in [-0.3, -0.25) is 5.32 Å². The van der Waals surface area contributed by atoms with Crippen LogP contribution in [0.15, 0.2) is 18.2 Å². The quantitative estimate of drug-likeness (QED) is 0.835. The fourth-order valence-corrected chi connectivity index (χ4v) is 1.30. The van der Waals surface area contributed by atoms with E-state index in [0.717, 1.165) is 0 Å². The van der Waals surface area contributed by atoms with E-state index in [9.17, 15) is 9.18 Å². The Kier molecular flexibility index (Phi) is 4.07. The van der Waals surface area contributed by atoms with Crippen molar-refractivity contribution in [1.29, 1.82) is 0 Å². The molecule has 94 valence electrons. The lowest BCUT2D eigenvalue weighted by atomic mass is 10.1. The molecule has 0 aromatic heterocycles. The van der Waals surface area contributed by atoms with Gasteiger partial charge in [0.05, 0.1) is 5.69 Å². The predicted octanol–water partition coefficient (Wildman–Crippen LogP) is 2.63. The Morgan fingerprint density at radius 2 is 2.12 bits per heavy atom. The van der Waals surface area contributed by atoms with Crippen LogP contribution in [0.25, 0.3) is 0 Å². The van der Waals surface area contributed by atoms with Crippen molar-refractivity contribution in [1.82, 2.24) is 0 Å². The summed E-state index contributed by atoms with van der Waals surface area (Å²) in [4.78, 5) is 11.5. The smallest absolute Gasteiger partial charge is 0.412 e. The molecule has 4 nitrogen and oxygen atoms in total. The Morgan fingerprint density at radius 1 is 1.47 bits per heavy atom. The maximum Gasteiger partial charge on any atom is 0.412 e. The van der Waals surface area contributed by atoms with Crippen molar-refractivity contribution in [3.63, 3.8) is 0 Å². The average Bonchev–Trinajstić information content (AvgIpc) is 2.14. The fraction of sp³-hybridized carbons (Fsp3) is 0.417. The minimum Gasteiger partial charge on any atom is -0.444 e. The molecule has 0 aliphatic heterocycles. The fourth-order valence-electron chi connectivity index (χ4n) is 1.30. The maximum atomic E-state index is 13.4. The van der Waals surface area contributed by atoms with Crippen LogP contribution in [-0.2, 0) is 11.3 Å². The number of carbonyl (C=O) groups is 1. The van der Waals surface area contributed by atoms with Gasteiger partial charge in [0, 0.05) is 12.1 Å². The molecule has 17 heavy (non-hydrogen) atoms. The van der Waals surface area contributed by atoms with Crippen LogP contribution in [-0.4, -0.2) is 11.7 Å². The standard InChI is InChI=1S/C12H17FN2O2/c1-12(2,3)17-11(16)15-10-6-4-5-9(13)8(10)7-14/h4-6H,7,14H2,1-3H3,(H,15,16). The Hall–Kier alpha value is -1.62. The Morgan fingerprint density at radius 3 is 2.65 bits per heavy atom. The van der Waals surface area contributed by atoms with E-state index in [2.05, 4.69) is 5.32 Å². The molecule has 0 aliphatic rings. The van der Waals surface area contributed by atoms with Crippen LogP contribution < -0.4 is 11.1 Å². The molecular weight excluding hydrogens is 223 g/mol. The molecular formula is C12H17FN2O2. The van der Waals surface area contributed by atoms with Gasteiger partial charge in [-0.25, -0.2) is 9.18 Å². The topological polar surface area (TPSA) is 64.3 Å². The first-order valence-electron chi connectivity index (χ1n) is 5.31. The van der Waals surface area contributed by atoms with E-state index in [4.69, 9.17) is 10.5 Å². The molecule has 0 bridgehead atoms. The number of nitrogens with one attached hydrogen (secondary N) is 1. The maximum absolute atomic E-state index is 13.4. The lowest BCUT2D eigenvalue weighted by molar-refractivity contribution is 0.0636. The number of hydrogen-bond donors (Lipinski definition) is 2. The molecule has 0 unspecified atom stereocenters. The first-order valence-corrected chi connectivity index (χ1v) is 5.31. The third-order valence-corrected chi connectivity index (χ3v) is 1.96. The second kappa shape index (κ2) is 5.14. The van der Waals surface area contributed by atoms with Crippen molar-refractivity contribution < 1.29 is 13.9 Å². The minimum atomic E-state index is -0.627. The molecule has 0 saturated heterocycles. The van der Waals surface area contributed by atoms with Gasteiger partial charge in [-0.2, -0.15) is 0 Å². The van der Waals surface area contributed by atoms with E-state index in [1.54, 1.807) is 26.8 Å². The van der Waals surface area contributed by atoms with Crippen molar-refractivity contribution in [2.45, 2.75) is 32.9 Å². The zero-order valence-electron chi connectivity index (χ0n) is 10.2. The molecule has 1 aromatic rings. The summed E-state index contributed by atoms with van der Waals surface area (Å²) in [6.45, 7) is 5.27. The predicted molar refractivity (Wildman–Crippen MR) is 64.1 cm³/mol. The van der Waals surface area contributed by atoms with Crippen LogP contribution in [0.4, 0.5) is 14.9 Å². The molecule has 1 amide bonds. The van der Waals surface area contributed by atoms with Crippen LogP contribution in [0.3, 0.4) is 0 Å². The van der Waals surface area contributed by atoms with Crippen molar-refractivity contribution in [2.75, 3.05) is 5.32 Å². The van der Waals surface area contributed by atoms with Gasteiger partial charge in [-0.1, -0.05) is 6.07 Å². The highest BCUT2D eigenvalue weighted by Crippen LogP contribution is 2.19. The molecule has 0 heterocycles. The summed E-state index contributed by atoms with van der Waals surface area (Å²) in [5, 5.41) is 2.48. The highest BCUT2D eigenvalue weighted by atomic mass is 19.1. The van der Waals surface area contributed by atoms with Gasteiger partial charge >= 0.3 is 6.09 Å². The van der Waals surface area contributed by atoms with Crippen molar-refractivity contribution >= 4 is 11.8 Å². The number of carbonyl (C=O) groups excluding carboxylic acids is 1. The lowest BCUT2D eigenvalue weighted by Gasteiger charge is -2.20. The molecule has 0 radical (unpaired) electrons. The van der Waals surface area contributed by atoms with E-state index in [1.165, 1.54) is 12.1 Å². The zero-order valence-corrected chi connectivity index (χ0v) is 10.2. The van der Waals surface area contributed by atoms with Gasteiger partial charge in [0.15, 0.2) is 0 Å². The van der Waals surface area contributed by atoms with Gasteiger partial charge in [-0.05, 0) is 32.9 Å². The summed E-state index contributed by atoms with van der Waals surface area (Å²) in [5.41, 5.74) is 5.42. The molecule has 5 heteroatoms. The molecule has 1 aromatic carbocycles. The average molecular weight is 240 g/mol. The van der Waals surface area contributed by atoms with E-state index >= 15 is 0 Å². The van der Waals surface area contributed by atoms with Gasteiger partial charge in [-0.15, -0.1) is 0 Å². The largest absolute Gasteiger partial charge is 0.444 e. The number of ether oxygens (including phenoxy) is 1. The Balaban J connectivity index is 2.82. The summed E-state index contributed by atoms with van der Waals surface area (Å²) in [7, 11) is 0. The molecule has 1 rings (SSSR count). The summed E-state index contributed by atoms with van der Waals surface area (Å²) in [5.74, 6) is -0.443. The van der Waals surface area contributed by atoms with Crippen LogP contribution >= 0.6 is 0 Å². The van der Waals surface area contributed by atoms with E-state index in [1.807, 2.05) is 0 Å². The van der Waals surface area contributed by atoms with Crippen LogP contribution in [0.1, 0.15) is 26.3 Å². The number of amides is 1. The van der Waals surface area contributed by atoms with Gasteiger partial charge in [0.2, 0.25) is 0 Å². The number of hydrogen-bond acceptors (Lipinski definition) is 3. The number of rotatable bonds is 2. The van der Waals surface area contributed by atoms with Crippen molar-refractivity contribution in [3.8, 4) is 0 Å². The number of benzene rings is 1. The monoisotopic (exact) mass is 240 g/mol. The second-order valence-electron chi connectivity index (χ2n) is 4.60. The van der Waals surface area contributed by atoms with Gasteiger partial charge in [0.1, 0.15) is 11.4 Å². The summed E-state index contributed by atoms with van der Waals surface area (Å²) in [6, 6.07) is 4.37. The zero-order chi connectivity index (χ0) is 13.1. The normalized spacial score (nSPS) is 11.1. The Bertz CT molecular complexity index is 413. The van der Waals surface area contributed by atoms with E-state index in [0.29, 0.717) is 5.69 Å². The number of halogens is 1. The molecule has 3 N–H and O–H groups in total.